The molecule has 176 valence electrons. The van der Waals surface area contributed by atoms with E-state index in [2.05, 4.69) is 12.2 Å². The van der Waals surface area contributed by atoms with Crippen molar-refractivity contribution in [3.63, 3.8) is 0 Å². The molecule has 2 aliphatic heterocycles. The molecule has 0 radical (unpaired) electrons. The molecule has 2 aliphatic rings. The quantitative estimate of drug-likeness (QED) is 0.670. The standard InChI is InChI=1S/C23H26ClN3O5S/c1-16-8-10-26(11-9-16)33(30,31)18-6-7-21-20(12-18)27(23(29)15-32-21)14-22(28)25-13-17-4-2-3-5-19(17)24/h2-7,12,16H,8-11,13-15H2,1H3,(H,25,28). The van der Waals surface area contributed by atoms with Crippen LogP contribution in [-0.2, 0) is 26.2 Å². The average molecular weight is 492 g/mol. The first-order valence-electron chi connectivity index (χ1n) is 10.8. The Morgan fingerprint density at radius 3 is 2.64 bits per heavy atom. The topological polar surface area (TPSA) is 96.0 Å². The minimum Gasteiger partial charge on any atom is -0.482 e. The fourth-order valence-corrected chi connectivity index (χ4v) is 5.62. The number of carbonyl (C=O) groups excluding carboxylic acids is 2. The number of piperidine rings is 1. The van der Waals surface area contributed by atoms with E-state index in [9.17, 15) is 18.0 Å². The number of hydrogen-bond acceptors (Lipinski definition) is 5. The molecular weight excluding hydrogens is 466 g/mol. The predicted molar refractivity (Wildman–Crippen MR) is 125 cm³/mol. The van der Waals surface area contributed by atoms with E-state index in [0.717, 1.165) is 18.4 Å². The van der Waals surface area contributed by atoms with Crippen LogP contribution in [-0.4, -0.2) is 50.8 Å². The zero-order valence-corrected chi connectivity index (χ0v) is 19.9. The first-order valence-corrected chi connectivity index (χ1v) is 12.6. The monoisotopic (exact) mass is 491 g/mol. The zero-order valence-electron chi connectivity index (χ0n) is 18.3. The summed E-state index contributed by atoms with van der Waals surface area (Å²) >= 11 is 6.13. The molecular formula is C23H26ClN3O5S. The minimum atomic E-state index is -3.71. The van der Waals surface area contributed by atoms with Crippen LogP contribution in [0.25, 0.3) is 0 Å². The van der Waals surface area contributed by atoms with Crippen molar-refractivity contribution in [3.8, 4) is 5.75 Å². The molecule has 1 N–H and O–H groups in total. The van der Waals surface area contributed by atoms with Gasteiger partial charge in [0.1, 0.15) is 12.3 Å². The lowest BCUT2D eigenvalue weighted by Gasteiger charge is -2.31. The second-order valence-electron chi connectivity index (χ2n) is 8.35. The third-order valence-corrected chi connectivity index (χ3v) is 8.25. The molecule has 0 atom stereocenters. The van der Waals surface area contributed by atoms with E-state index in [-0.39, 0.29) is 30.3 Å². The van der Waals surface area contributed by atoms with Gasteiger partial charge in [-0.1, -0.05) is 36.7 Å². The van der Waals surface area contributed by atoms with Crippen LogP contribution >= 0.6 is 11.6 Å². The molecule has 8 nitrogen and oxygen atoms in total. The van der Waals surface area contributed by atoms with E-state index in [1.54, 1.807) is 18.2 Å². The number of nitrogens with one attached hydrogen (secondary N) is 1. The highest BCUT2D eigenvalue weighted by Gasteiger charge is 2.32. The highest BCUT2D eigenvalue weighted by molar-refractivity contribution is 7.89. The zero-order chi connectivity index (χ0) is 23.6. The molecule has 2 aromatic carbocycles. The molecule has 1 saturated heterocycles. The van der Waals surface area contributed by atoms with Crippen LogP contribution in [0.3, 0.4) is 0 Å². The maximum Gasteiger partial charge on any atom is 0.265 e. The summed E-state index contributed by atoms with van der Waals surface area (Å²) in [6.07, 6.45) is 1.62. The lowest BCUT2D eigenvalue weighted by Crippen LogP contribution is -2.45. The molecule has 0 unspecified atom stereocenters. The lowest BCUT2D eigenvalue weighted by molar-refractivity contribution is -0.125. The van der Waals surface area contributed by atoms with Gasteiger partial charge in [0.05, 0.1) is 10.6 Å². The molecule has 4 rings (SSSR count). The third kappa shape index (κ3) is 5.15. The summed E-state index contributed by atoms with van der Waals surface area (Å²) in [5.41, 5.74) is 1.02. The van der Waals surface area contributed by atoms with Crippen LogP contribution in [0.5, 0.6) is 5.75 Å². The number of ether oxygens (including phenoxy) is 1. The number of benzene rings is 2. The van der Waals surface area contributed by atoms with Crippen LogP contribution in [0.15, 0.2) is 47.4 Å². The van der Waals surface area contributed by atoms with Crippen LogP contribution < -0.4 is 15.0 Å². The van der Waals surface area contributed by atoms with Crippen molar-refractivity contribution in [1.82, 2.24) is 9.62 Å². The number of carbonyl (C=O) groups is 2. The maximum absolute atomic E-state index is 13.2. The van der Waals surface area contributed by atoms with Gasteiger partial charge in [0.25, 0.3) is 5.91 Å². The summed E-state index contributed by atoms with van der Waals surface area (Å²) < 4.78 is 33.3. The molecule has 33 heavy (non-hydrogen) atoms. The molecule has 0 spiro atoms. The van der Waals surface area contributed by atoms with Gasteiger partial charge >= 0.3 is 0 Å². The number of hydrogen-bond donors (Lipinski definition) is 1. The summed E-state index contributed by atoms with van der Waals surface area (Å²) in [4.78, 5) is 26.5. The number of amides is 2. The number of sulfonamides is 1. The maximum atomic E-state index is 13.2. The Bertz CT molecular complexity index is 1160. The largest absolute Gasteiger partial charge is 0.482 e. The fraction of sp³-hybridized carbons (Fsp3) is 0.391. The van der Waals surface area contributed by atoms with Gasteiger partial charge in [-0.3, -0.25) is 14.5 Å². The van der Waals surface area contributed by atoms with Crippen molar-refractivity contribution >= 4 is 39.1 Å². The molecule has 1 fully saturated rings. The molecule has 0 saturated carbocycles. The van der Waals surface area contributed by atoms with Gasteiger partial charge in [-0.15, -0.1) is 0 Å². The van der Waals surface area contributed by atoms with E-state index in [0.29, 0.717) is 29.8 Å². The van der Waals surface area contributed by atoms with Crippen molar-refractivity contribution in [2.24, 2.45) is 5.92 Å². The minimum absolute atomic E-state index is 0.0792. The molecule has 0 aromatic heterocycles. The van der Waals surface area contributed by atoms with Crippen LogP contribution in [0.2, 0.25) is 5.02 Å². The Labute approximate surface area is 198 Å². The van der Waals surface area contributed by atoms with Gasteiger partial charge in [0.15, 0.2) is 6.61 Å². The van der Waals surface area contributed by atoms with Crippen LogP contribution in [0.4, 0.5) is 5.69 Å². The number of anilines is 1. The number of nitrogens with zero attached hydrogens (tertiary/aromatic N) is 2. The second-order valence-corrected chi connectivity index (χ2v) is 10.7. The normalized spacial score (nSPS) is 17.4. The van der Waals surface area contributed by atoms with Crippen molar-refractivity contribution in [1.29, 1.82) is 0 Å². The Morgan fingerprint density at radius 1 is 1.18 bits per heavy atom. The van der Waals surface area contributed by atoms with E-state index >= 15 is 0 Å². The summed E-state index contributed by atoms with van der Waals surface area (Å²) in [6.45, 7) is 2.77. The van der Waals surface area contributed by atoms with Gasteiger partial charge in [-0.2, -0.15) is 4.31 Å². The molecule has 2 amide bonds. The Morgan fingerprint density at radius 2 is 1.91 bits per heavy atom. The predicted octanol–water partition coefficient (Wildman–Crippen LogP) is 2.80. The highest BCUT2D eigenvalue weighted by atomic mass is 35.5. The van der Waals surface area contributed by atoms with E-state index in [4.69, 9.17) is 16.3 Å². The Hall–Kier alpha value is -2.62. The van der Waals surface area contributed by atoms with E-state index < -0.39 is 21.8 Å². The summed E-state index contributed by atoms with van der Waals surface area (Å²) in [6, 6.07) is 11.6. The van der Waals surface area contributed by atoms with E-state index in [1.165, 1.54) is 27.4 Å². The van der Waals surface area contributed by atoms with Crippen molar-refractivity contribution in [2.75, 3.05) is 31.1 Å². The number of fused-ring (bicyclic) bond motifs is 1. The SMILES string of the molecule is CC1CCN(S(=O)(=O)c2ccc3c(c2)N(CC(=O)NCc2ccccc2Cl)C(=O)CO3)CC1. The van der Waals surface area contributed by atoms with Crippen molar-refractivity contribution in [2.45, 2.75) is 31.2 Å². The van der Waals surface area contributed by atoms with Gasteiger partial charge in [0.2, 0.25) is 15.9 Å². The first kappa shape index (κ1) is 23.5. The Kier molecular flexibility index (Phi) is 6.92. The average Bonchev–Trinajstić information content (AvgIpc) is 2.80. The second kappa shape index (κ2) is 9.70. The van der Waals surface area contributed by atoms with Gasteiger partial charge in [-0.05, 0) is 48.6 Å². The molecule has 2 aromatic rings. The fourth-order valence-electron chi connectivity index (χ4n) is 3.93. The van der Waals surface area contributed by atoms with E-state index in [1.807, 2.05) is 6.07 Å². The molecule has 0 aliphatic carbocycles. The Balaban J connectivity index is 1.52. The number of rotatable bonds is 6. The number of halogens is 1. The first-order chi connectivity index (χ1) is 15.8. The smallest absolute Gasteiger partial charge is 0.265 e. The van der Waals surface area contributed by atoms with Crippen molar-refractivity contribution < 1.29 is 22.7 Å². The third-order valence-electron chi connectivity index (χ3n) is 5.99. The molecule has 0 bridgehead atoms. The van der Waals surface area contributed by atoms with Crippen LogP contribution in [0.1, 0.15) is 25.3 Å². The van der Waals surface area contributed by atoms with Gasteiger partial charge in [0, 0.05) is 24.7 Å². The summed E-state index contributed by atoms with van der Waals surface area (Å²) in [5.74, 6) is 0.0385. The summed E-state index contributed by atoms with van der Waals surface area (Å²) in [7, 11) is -3.71. The highest BCUT2D eigenvalue weighted by Crippen LogP contribution is 2.35. The van der Waals surface area contributed by atoms with Gasteiger partial charge in [-0.25, -0.2) is 8.42 Å². The van der Waals surface area contributed by atoms with Crippen molar-refractivity contribution in [3.05, 3.63) is 53.1 Å². The summed E-state index contributed by atoms with van der Waals surface area (Å²) in [5, 5.41) is 3.29. The van der Waals surface area contributed by atoms with Crippen LogP contribution in [0, 0.1) is 5.92 Å². The lowest BCUT2D eigenvalue weighted by atomic mass is 10.0. The molecule has 10 heteroatoms. The molecule has 2 heterocycles. The van der Waals surface area contributed by atoms with Gasteiger partial charge < -0.3 is 10.1 Å².